The van der Waals surface area contributed by atoms with Crippen molar-refractivity contribution in [2.45, 2.75) is 77.0 Å². The van der Waals surface area contributed by atoms with Crippen LogP contribution in [-0.4, -0.2) is 51.1 Å². The van der Waals surface area contributed by atoms with Crippen molar-refractivity contribution in [2.24, 2.45) is 29.2 Å². The molecule has 0 bridgehead atoms. The van der Waals surface area contributed by atoms with Crippen molar-refractivity contribution in [3.63, 3.8) is 0 Å². The van der Waals surface area contributed by atoms with E-state index in [1.54, 1.807) is 36.4 Å². The zero-order chi connectivity index (χ0) is 26.6. The number of carbonyl (C=O) groups excluding carboxylic acids is 3. The first kappa shape index (κ1) is 27.0. The quantitative estimate of drug-likeness (QED) is 0.382. The molecule has 2 saturated carbocycles. The summed E-state index contributed by atoms with van der Waals surface area (Å²) in [4.78, 5) is 37.3. The van der Waals surface area contributed by atoms with Gasteiger partial charge in [-0.1, -0.05) is 25.3 Å². The summed E-state index contributed by atoms with van der Waals surface area (Å²) in [6.45, 7) is 4.04. The molecule has 0 spiro atoms. The molecule has 1 unspecified atom stereocenters. The number of hydrogen-bond acceptors (Lipinski definition) is 8. The molecule has 2 aromatic rings. The Hall–Kier alpha value is -3.05. The second-order valence-electron chi connectivity index (χ2n) is 10.9. The minimum absolute atomic E-state index is 0.0465. The lowest BCUT2D eigenvalue weighted by Gasteiger charge is -2.24. The van der Waals surface area contributed by atoms with Gasteiger partial charge in [-0.25, -0.2) is 0 Å². The molecule has 0 radical (unpaired) electrons. The molecule has 5 N–H and O–H groups in total. The van der Waals surface area contributed by atoms with Crippen molar-refractivity contribution in [2.75, 3.05) is 13.2 Å². The van der Waals surface area contributed by atoms with Crippen LogP contribution >= 0.6 is 0 Å². The Balaban J connectivity index is 1.54. The second-order valence-corrected chi connectivity index (χ2v) is 10.9. The number of primary amides is 1. The fourth-order valence-corrected chi connectivity index (χ4v) is 5.26. The number of pyridine rings is 1. The van der Waals surface area contributed by atoms with E-state index >= 15 is 0 Å². The smallest absolute Gasteiger partial charge is 0.310 e. The number of carbonyl (C=O) groups is 3. The van der Waals surface area contributed by atoms with Crippen LogP contribution in [0.25, 0.3) is 5.65 Å². The lowest BCUT2D eigenvalue weighted by atomic mass is 9.96. The molecule has 2 amide bonds. The van der Waals surface area contributed by atoms with E-state index in [0.29, 0.717) is 42.5 Å². The Bertz CT molecular complexity index is 1120. The number of esters is 1. The molecule has 3 atom stereocenters. The number of hydrogen-bond donors (Lipinski definition) is 3. The molecule has 0 saturated heterocycles. The number of ether oxygens (including phenoxy) is 2. The maximum Gasteiger partial charge on any atom is 0.310 e. The highest BCUT2D eigenvalue weighted by molar-refractivity contribution is 5.85. The Labute approximate surface area is 216 Å². The van der Waals surface area contributed by atoms with Crippen molar-refractivity contribution < 1.29 is 23.9 Å². The van der Waals surface area contributed by atoms with Gasteiger partial charge in [-0.15, -0.1) is 10.2 Å². The third kappa shape index (κ3) is 6.45. The SMILES string of the molecule is CC(C)(N)C(=O)N[C@H](COCC1CCCC1)c1nnc2cccc(COC(=O)C3CCC[C@@H]3C(N)=O)n12. The third-order valence-corrected chi connectivity index (χ3v) is 7.40. The molecule has 2 aliphatic carbocycles. The first-order valence-electron chi connectivity index (χ1n) is 13.1. The van der Waals surface area contributed by atoms with Crippen LogP contribution in [0.1, 0.15) is 76.4 Å². The van der Waals surface area contributed by atoms with Gasteiger partial charge < -0.3 is 26.3 Å². The van der Waals surface area contributed by atoms with Crippen molar-refractivity contribution in [1.82, 2.24) is 19.9 Å². The molecular weight excluding hydrogens is 476 g/mol. The number of aromatic nitrogens is 3. The van der Waals surface area contributed by atoms with Gasteiger partial charge in [0.25, 0.3) is 0 Å². The van der Waals surface area contributed by atoms with Gasteiger partial charge in [-0.3, -0.25) is 18.8 Å². The van der Waals surface area contributed by atoms with E-state index in [-0.39, 0.29) is 19.1 Å². The molecule has 0 aliphatic heterocycles. The fraction of sp³-hybridized carbons (Fsp3) is 0.654. The van der Waals surface area contributed by atoms with E-state index in [9.17, 15) is 14.4 Å². The molecule has 2 fully saturated rings. The van der Waals surface area contributed by atoms with Gasteiger partial charge in [0.15, 0.2) is 11.5 Å². The summed E-state index contributed by atoms with van der Waals surface area (Å²) in [6.07, 6.45) is 6.66. The van der Waals surface area contributed by atoms with Gasteiger partial charge in [0.05, 0.1) is 29.7 Å². The van der Waals surface area contributed by atoms with Crippen LogP contribution in [-0.2, 0) is 30.5 Å². The molecule has 11 nitrogen and oxygen atoms in total. The number of nitrogens with one attached hydrogen (secondary N) is 1. The number of amides is 2. The largest absolute Gasteiger partial charge is 0.459 e. The zero-order valence-electron chi connectivity index (χ0n) is 21.7. The number of fused-ring (bicyclic) bond motifs is 1. The number of rotatable bonds is 11. The summed E-state index contributed by atoms with van der Waals surface area (Å²) in [7, 11) is 0. The van der Waals surface area contributed by atoms with Crippen LogP contribution in [0, 0.1) is 17.8 Å². The average molecular weight is 515 g/mol. The second kappa shape index (κ2) is 11.6. The fourth-order valence-electron chi connectivity index (χ4n) is 5.26. The minimum Gasteiger partial charge on any atom is -0.459 e. The van der Waals surface area contributed by atoms with E-state index in [1.165, 1.54) is 12.8 Å². The van der Waals surface area contributed by atoms with Gasteiger partial charge >= 0.3 is 5.97 Å². The molecule has 4 rings (SSSR count). The van der Waals surface area contributed by atoms with E-state index in [4.69, 9.17) is 20.9 Å². The van der Waals surface area contributed by atoms with Gasteiger partial charge in [0.1, 0.15) is 12.6 Å². The Kier molecular flexibility index (Phi) is 8.43. The first-order valence-corrected chi connectivity index (χ1v) is 13.1. The third-order valence-electron chi connectivity index (χ3n) is 7.40. The van der Waals surface area contributed by atoms with Crippen LogP contribution < -0.4 is 16.8 Å². The van der Waals surface area contributed by atoms with E-state index in [2.05, 4.69) is 15.5 Å². The Morgan fingerprint density at radius 3 is 2.54 bits per heavy atom. The van der Waals surface area contributed by atoms with Crippen molar-refractivity contribution in [1.29, 1.82) is 0 Å². The maximum absolute atomic E-state index is 12.8. The van der Waals surface area contributed by atoms with E-state index in [1.807, 2.05) is 0 Å². The maximum atomic E-state index is 12.8. The lowest BCUT2D eigenvalue weighted by molar-refractivity contribution is -0.153. The van der Waals surface area contributed by atoms with Gasteiger partial charge in [-0.05, 0) is 57.6 Å². The highest BCUT2D eigenvalue weighted by Crippen LogP contribution is 2.32. The molecular formula is C26H38N6O5. The molecule has 2 heterocycles. The summed E-state index contributed by atoms with van der Waals surface area (Å²) in [6, 6.07) is 4.77. The van der Waals surface area contributed by atoms with Crippen LogP contribution in [0.3, 0.4) is 0 Å². The zero-order valence-corrected chi connectivity index (χ0v) is 21.7. The summed E-state index contributed by atoms with van der Waals surface area (Å²) in [5.41, 5.74) is 11.6. The van der Waals surface area contributed by atoms with E-state index in [0.717, 1.165) is 19.3 Å². The van der Waals surface area contributed by atoms with Gasteiger partial charge in [0.2, 0.25) is 11.8 Å². The van der Waals surface area contributed by atoms with Crippen molar-refractivity contribution in [3.05, 3.63) is 29.7 Å². The number of nitrogens with two attached hydrogens (primary N) is 2. The standard InChI is InChI=1S/C26H38N6O5/c1-26(2,28)25(35)29-20(15-36-13-16-7-3-4-8-16)23-31-30-21-12-5-9-17(32(21)23)14-37-24(34)19-11-6-10-18(19)22(27)33/h5,9,12,16,18-20H,3-4,6-8,10-11,13-15,28H2,1-2H3,(H2,27,33)(H,29,35)/t18-,19?,20+/m0/s1. The minimum atomic E-state index is -1.10. The van der Waals surface area contributed by atoms with Crippen molar-refractivity contribution in [3.8, 4) is 0 Å². The van der Waals surface area contributed by atoms with Gasteiger partial charge in [0, 0.05) is 6.61 Å². The summed E-state index contributed by atoms with van der Waals surface area (Å²) in [5, 5.41) is 11.6. The highest BCUT2D eigenvalue weighted by Gasteiger charge is 2.38. The van der Waals surface area contributed by atoms with Crippen LogP contribution in [0.15, 0.2) is 18.2 Å². The molecule has 11 heteroatoms. The van der Waals surface area contributed by atoms with Crippen LogP contribution in [0.5, 0.6) is 0 Å². The molecule has 2 aromatic heterocycles. The molecule has 0 aromatic carbocycles. The van der Waals surface area contributed by atoms with Crippen LogP contribution in [0.2, 0.25) is 0 Å². The summed E-state index contributed by atoms with van der Waals surface area (Å²) in [5.74, 6) is -1.30. The monoisotopic (exact) mass is 514 g/mol. The average Bonchev–Trinajstić information content (AvgIpc) is 3.62. The molecule has 2 aliphatic rings. The van der Waals surface area contributed by atoms with Gasteiger partial charge in [-0.2, -0.15) is 0 Å². The normalized spacial score (nSPS) is 21.3. The number of nitrogens with zero attached hydrogens (tertiary/aromatic N) is 3. The topological polar surface area (TPSA) is 164 Å². The summed E-state index contributed by atoms with van der Waals surface area (Å²) >= 11 is 0. The Morgan fingerprint density at radius 1 is 1.11 bits per heavy atom. The first-order chi connectivity index (χ1) is 17.6. The van der Waals surface area contributed by atoms with Crippen LogP contribution in [0.4, 0.5) is 0 Å². The predicted octanol–water partition coefficient (Wildman–Crippen LogP) is 1.78. The lowest BCUT2D eigenvalue weighted by Crippen LogP contribution is -2.51. The van der Waals surface area contributed by atoms with Crippen molar-refractivity contribution >= 4 is 23.4 Å². The predicted molar refractivity (Wildman–Crippen MR) is 135 cm³/mol. The highest BCUT2D eigenvalue weighted by atomic mass is 16.5. The molecule has 37 heavy (non-hydrogen) atoms. The van der Waals surface area contributed by atoms with E-state index < -0.39 is 35.3 Å². The molecule has 202 valence electrons. The Morgan fingerprint density at radius 2 is 1.84 bits per heavy atom. The summed E-state index contributed by atoms with van der Waals surface area (Å²) < 4.78 is 13.4.